The van der Waals surface area contributed by atoms with E-state index in [2.05, 4.69) is 0 Å². The van der Waals surface area contributed by atoms with Gasteiger partial charge >= 0.3 is 0 Å². The minimum absolute atomic E-state index is 0.101. The van der Waals surface area contributed by atoms with Crippen molar-refractivity contribution in [2.24, 2.45) is 0 Å². The van der Waals surface area contributed by atoms with Crippen LogP contribution < -0.4 is 0 Å². The summed E-state index contributed by atoms with van der Waals surface area (Å²) in [6.07, 6.45) is 0.711. The third-order valence-electron chi connectivity index (χ3n) is 4.34. The lowest BCUT2D eigenvalue weighted by Crippen LogP contribution is -2.15. The van der Waals surface area contributed by atoms with Crippen LogP contribution in [-0.4, -0.2) is 165 Å². The molecule has 0 saturated carbocycles. The molecule has 0 aliphatic heterocycles. The monoisotopic (exact) mass is 558 g/mol. The highest BCUT2D eigenvalue weighted by atomic mass is 16.6. The van der Waals surface area contributed by atoms with Gasteiger partial charge in [0, 0.05) is 7.11 Å². The van der Waals surface area contributed by atoms with Crippen LogP contribution in [0.5, 0.6) is 0 Å². The van der Waals surface area contributed by atoms with Gasteiger partial charge in [-0.05, 0) is 0 Å². The first-order valence-electron chi connectivity index (χ1n) is 13.2. The molecule has 0 saturated heterocycles. The third kappa shape index (κ3) is 35.2. The van der Waals surface area contributed by atoms with Crippen LogP contribution in [0.15, 0.2) is 0 Å². The number of carbonyl (C=O) groups excluding carboxylic acids is 1. The molecule has 0 aromatic carbocycles. The van der Waals surface area contributed by atoms with Crippen LogP contribution in [-0.2, 0) is 61.6 Å². The summed E-state index contributed by atoms with van der Waals surface area (Å²) in [5, 5.41) is 0. The van der Waals surface area contributed by atoms with Gasteiger partial charge in [0.2, 0.25) is 0 Å². The van der Waals surface area contributed by atoms with E-state index in [1.165, 1.54) is 0 Å². The molecule has 0 aromatic rings. The Kier molecular flexibility index (Phi) is 35.4. The first-order chi connectivity index (χ1) is 18.9. The molecule has 0 aliphatic carbocycles. The SMILES string of the molecule is COCCOCCOCCOCCOCCOCCOCCOCCOCCOCCOCCOCC=O. The number of hydrogen-bond donors (Lipinski definition) is 0. The summed E-state index contributed by atoms with van der Waals surface area (Å²) in [7, 11) is 1.64. The van der Waals surface area contributed by atoms with Crippen LogP contribution in [0, 0.1) is 0 Å². The molecule has 0 N–H and O–H groups in total. The van der Waals surface area contributed by atoms with Gasteiger partial charge in [0.15, 0.2) is 0 Å². The number of rotatable bonds is 35. The van der Waals surface area contributed by atoms with Crippen LogP contribution in [0.25, 0.3) is 0 Å². The van der Waals surface area contributed by atoms with E-state index < -0.39 is 0 Å². The Balaban J connectivity index is 3.01. The predicted octanol–water partition coefficient (Wildman–Crippen LogP) is 0.0143. The Bertz CT molecular complexity index is 432. The second-order valence-electron chi connectivity index (χ2n) is 7.36. The first-order valence-corrected chi connectivity index (χ1v) is 13.2. The Labute approximate surface area is 227 Å². The molecular weight excluding hydrogens is 508 g/mol. The molecule has 0 aromatic heterocycles. The molecule has 0 atom stereocenters. The molecule has 13 heteroatoms. The standard InChI is InChI=1S/C25H50O13/c1-27-4-5-29-8-9-31-12-13-33-16-17-35-20-21-37-24-25-38-23-22-36-19-18-34-15-14-32-11-10-30-7-6-28-3-2-26/h2H,3-25H2,1H3. The van der Waals surface area contributed by atoms with Gasteiger partial charge in [-0.25, -0.2) is 0 Å². The fourth-order valence-corrected chi connectivity index (χ4v) is 2.47. The van der Waals surface area contributed by atoms with Crippen LogP contribution in [0.4, 0.5) is 0 Å². The van der Waals surface area contributed by atoms with E-state index in [9.17, 15) is 4.79 Å². The number of aldehydes is 1. The summed E-state index contributed by atoms with van der Waals surface area (Å²) in [6.45, 7) is 11.3. The van der Waals surface area contributed by atoms with Crippen LogP contribution in [0.1, 0.15) is 0 Å². The minimum atomic E-state index is 0.101. The second-order valence-corrected chi connectivity index (χ2v) is 7.36. The zero-order chi connectivity index (χ0) is 27.5. The highest BCUT2D eigenvalue weighted by Crippen LogP contribution is 1.87. The molecular formula is C25H50O13. The lowest BCUT2D eigenvalue weighted by atomic mass is 10.6. The van der Waals surface area contributed by atoms with E-state index in [0.29, 0.717) is 152 Å². The highest BCUT2D eigenvalue weighted by Gasteiger charge is 1.96. The maximum absolute atomic E-state index is 10.1. The molecule has 0 unspecified atom stereocenters. The minimum Gasteiger partial charge on any atom is -0.382 e. The molecule has 0 aliphatic rings. The lowest BCUT2D eigenvalue weighted by molar-refractivity contribution is -0.112. The van der Waals surface area contributed by atoms with Crippen LogP contribution in [0.2, 0.25) is 0 Å². The molecule has 0 amide bonds. The Hall–Kier alpha value is -0.810. The van der Waals surface area contributed by atoms with Gasteiger partial charge in [0.05, 0.1) is 145 Å². The Morgan fingerprint density at radius 3 is 0.684 bits per heavy atom. The maximum atomic E-state index is 10.1. The number of ether oxygens (including phenoxy) is 12. The number of hydrogen-bond acceptors (Lipinski definition) is 13. The van der Waals surface area contributed by atoms with Crippen molar-refractivity contribution in [1.29, 1.82) is 0 Å². The molecule has 0 fully saturated rings. The average Bonchev–Trinajstić information content (AvgIpc) is 2.93. The van der Waals surface area contributed by atoms with Crippen molar-refractivity contribution in [2.45, 2.75) is 0 Å². The Morgan fingerprint density at radius 2 is 0.500 bits per heavy atom. The van der Waals surface area contributed by atoms with E-state index in [0.717, 1.165) is 0 Å². The number of methoxy groups -OCH3 is 1. The van der Waals surface area contributed by atoms with Crippen molar-refractivity contribution in [3.05, 3.63) is 0 Å². The van der Waals surface area contributed by atoms with E-state index in [-0.39, 0.29) is 6.61 Å². The molecule has 0 heterocycles. The first kappa shape index (κ1) is 37.2. The second kappa shape index (κ2) is 36.2. The largest absolute Gasteiger partial charge is 0.382 e. The van der Waals surface area contributed by atoms with Crippen LogP contribution >= 0.6 is 0 Å². The predicted molar refractivity (Wildman–Crippen MR) is 137 cm³/mol. The fraction of sp³-hybridized carbons (Fsp3) is 0.960. The zero-order valence-electron chi connectivity index (χ0n) is 23.1. The van der Waals surface area contributed by atoms with Gasteiger partial charge < -0.3 is 61.6 Å². The van der Waals surface area contributed by atoms with Gasteiger partial charge in [-0.1, -0.05) is 0 Å². The van der Waals surface area contributed by atoms with Gasteiger partial charge in [-0.2, -0.15) is 0 Å². The molecule has 0 bridgehead atoms. The van der Waals surface area contributed by atoms with Crippen molar-refractivity contribution < 1.29 is 61.6 Å². The highest BCUT2D eigenvalue weighted by molar-refractivity contribution is 5.50. The van der Waals surface area contributed by atoms with Crippen molar-refractivity contribution >= 4 is 6.29 Å². The summed E-state index contributed by atoms with van der Waals surface area (Å²) in [4.78, 5) is 10.1. The normalized spacial score (nSPS) is 11.4. The summed E-state index contributed by atoms with van der Waals surface area (Å²) in [6, 6.07) is 0. The molecule has 38 heavy (non-hydrogen) atoms. The quantitative estimate of drug-likeness (QED) is 0.0766. The summed E-state index contributed by atoms with van der Waals surface area (Å²) in [5.74, 6) is 0. The van der Waals surface area contributed by atoms with Gasteiger partial charge in [-0.15, -0.1) is 0 Å². The van der Waals surface area contributed by atoms with E-state index >= 15 is 0 Å². The van der Waals surface area contributed by atoms with E-state index in [1.807, 2.05) is 0 Å². The van der Waals surface area contributed by atoms with Gasteiger partial charge in [0.25, 0.3) is 0 Å². The lowest BCUT2D eigenvalue weighted by Gasteiger charge is -2.09. The van der Waals surface area contributed by atoms with Crippen molar-refractivity contribution in [1.82, 2.24) is 0 Å². The van der Waals surface area contributed by atoms with Gasteiger partial charge in [-0.3, -0.25) is 0 Å². The van der Waals surface area contributed by atoms with E-state index in [1.54, 1.807) is 7.11 Å². The topological polar surface area (TPSA) is 128 Å². The number of carbonyl (C=O) groups is 1. The van der Waals surface area contributed by atoms with Crippen molar-refractivity contribution in [2.75, 3.05) is 159 Å². The fourth-order valence-electron chi connectivity index (χ4n) is 2.47. The van der Waals surface area contributed by atoms with Gasteiger partial charge in [0.1, 0.15) is 12.9 Å². The zero-order valence-corrected chi connectivity index (χ0v) is 23.1. The maximum Gasteiger partial charge on any atom is 0.145 e. The molecule has 13 nitrogen and oxygen atoms in total. The van der Waals surface area contributed by atoms with Crippen molar-refractivity contribution in [3.8, 4) is 0 Å². The summed E-state index contributed by atoms with van der Waals surface area (Å²) < 4.78 is 63.8. The van der Waals surface area contributed by atoms with Crippen LogP contribution in [0.3, 0.4) is 0 Å². The third-order valence-corrected chi connectivity index (χ3v) is 4.34. The smallest absolute Gasteiger partial charge is 0.145 e. The molecule has 0 rings (SSSR count). The molecule has 228 valence electrons. The summed E-state index contributed by atoms with van der Waals surface area (Å²) >= 11 is 0. The molecule has 0 radical (unpaired) electrons. The van der Waals surface area contributed by atoms with E-state index in [4.69, 9.17) is 56.8 Å². The molecule has 0 spiro atoms. The average molecular weight is 559 g/mol. The summed E-state index contributed by atoms with van der Waals surface area (Å²) in [5.41, 5.74) is 0. The Morgan fingerprint density at radius 1 is 0.316 bits per heavy atom. The van der Waals surface area contributed by atoms with Crippen molar-refractivity contribution in [3.63, 3.8) is 0 Å².